The van der Waals surface area contributed by atoms with Crippen molar-refractivity contribution in [3.63, 3.8) is 0 Å². The van der Waals surface area contributed by atoms with E-state index >= 15 is 0 Å². The number of carboxylic acids is 1. The Hall–Kier alpha value is -2.92. The maximum Gasteiger partial charge on any atom is 0.336 e. The van der Waals surface area contributed by atoms with Gasteiger partial charge in [-0.2, -0.15) is 5.26 Å². The molecule has 7 nitrogen and oxygen atoms in total. The molecule has 21 heavy (non-hydrogen) atoms. The van der Waals surface area contributed by atoms with E-state index in [0.717, 1.165) is 11.8 Å². The van der Waals surface area contributed by atoms with Gasteiger partial charge >= 0.3 is 11.7 Å². The Balaban J connectivity index is 2.53. The summed E-state index contributed by atoms with van der Waals surface area (Å²) in [5.74, 6) is -1.14. The van der Waals surface area contributed by atoms with Crippen molar-refractivity contribution in [2.24, 2.45) is 0 Å². The topological polar surface area (TPSA) is 117 Å². The maximum atomic E-state index is 11.1. The first-order valence-corrected chi connectivity index (χ1v) is 6.40. The molecular weight excluding hydrogens is 294 g/mol. The van der Waals surface area contributed by atoms with Crippen LogP contribution in [0.1, 0.15) is 15.9 Å². The average Bonchev–Trinajstić information content (AvgIpc) is 2.47. The molecule has 0 spiro atoms. The lowest BCUT2D eigenvalue weighted by Crippen LogP contribution is -2.00. The summed E-state index contributed by atoms with van der Waals surface area (Å²) in [4.78, 5) is 25.7. The van der Waals surface area contributed by atoms with Gasteiger partial charge < -0.3 is 5.11 Å². The molecule has 0 aliphatic rings. The largest absolute Gasteiger partial charge is 0.478 e. The third kappa shape index (κ3) is 2.98. The number of aromatic carboxylic acids is 1. The Morgan fingerprint density at radius 2 is 2.10 bits per heavy atom. The number of pyridine rings is 1. The molecule has 0 unspecified atom stereocenters. The highest BCUT2D eigenvalue weighted by Crippen LogP contribution is 2.36. The van der Waals surface area contributed by atoms with Gasteiger partial charge in [0, 0.05) is 11.1 Å². The van der Waals surface area contributed by atoms with Crippen LogP contribution in [0.15, 0.2) is 46.5 Å². The first kappa shape index (κ1) is 14.5. The average molecular weight is 301 g/mol. The van der Waals surface area contributed by atoms with Gasteiger partial charge in [0.05, 0.1) is 10.5 Å². The van der Waals surface area contributed by atoms with E-state index in [0.29, 0.717) is 4.90 Å². The molecule has 0 bridgehead atoms. The smallest absolute Gasteiger partial charge is 0.336 e. The van der Waals surface area contributed by atoms with Crippen LogP contribution in [0.25, 0.3) is 0 Å². The highest BCUT2D eigenvalue weighted by atomic mass is 32.2. The summed E-state index contributed by atoms with van der Waals surface area (Å²) in [5.41, 5.74) is -0.531. The molecule has 0 saturated carbocycles. The standard InChI is InChI=1S/C13H7N3O4S/c14-7-8-5-6-15-12(11(8)16(19)20)21-10-4-2-1-3-9(10)13(17)18/h1-6H,(H,17,18). The van der Waals surface area contributed by atoms with Crippen molar-refractivity contribution in [2.45, 2.75) is 9.92 Å². The summed E-state index contributed by atoms with van der Waals surface area (Å²) < 4.78 is 0. The molecule has 0 atom stereocenters. The van der Waals surface area contributed by atoms with Crippen LogP contribution in [0.4, 0.5) is 5.69 Å². The van der Waals surface area contributed by atoms with E-state index in [-0.39, 0.29) is 16.2 Å². The SMILES string of the molecule is N#Cc1ccnc(Sc2ccccc2C(=O)O)c1[N+](=O)[O-]. The van der Waals surface area contributed by atoms with Crippen LogP contribution < -0.4 is 0 Å². The molecule has 8 heteroatoms. The molecule has 1 aromatic heterocycles. The lowest BCUT2D eigenvalue weighted by atomic mass is 10.2. The molecule has 104 valence electrons. The Bertz CT molecular complexity index is 770. The number of rotatable bonds is 4. The number of hydrogen-bond donors (Lipinski definition) is 1. The normalized spacial score (nSPS) is 9.86. The Morgan fingerprint density at radius 3 is 2.71 bits per heavy atom. The zero-order valence-corrected chi connectivity index (χ0v) is 11.2. The highest BCUT2D eigenvalue weighted by molar-refractivity contribution is 7.99. The van der Waals surface area contributed by atoms with Gasteiger partial charge in [-0.05, 0) is 18.2 Å². The molecule has 0 fully saturated rings. The molecule has 0 saturated heterocycles. The number of nitrogens with zero attached hydrogens (tertiary/aromatic N) is 3. The van der Waals surface area contributed by atoms with Gasteiger partial charge in [-0.1, -0.05) is 23.9 Å². The minimum Gasteiger partial charge on any atom is -0.478 e. The number of nitro groups is 1. The monoisotopic (exact) mass is 301 g/mol. The van der Waals surface area contributed by atoms with E-state index < -0.39 is 16.6 Å². The molecule has 1 heterocycles. The zero-order chi connectivity index (χ0) is 15.4. The van der Waals surface area contributed by atoms with Gasteiger partial charge in [-0.25, -0.2) is 9.78 Å². The number of carboxylic acid groups (broad SMARTS) is 1. The van der Waals surface area contributed by atoms with Crippen LogP contribution in [0.3, 0.4) is 0 Å². The number of carbonyl (C=O) groups is 1. The van der Waals surface area contributed by atoms with Gasteiger partial charge in [-0.15, -0.1) is 0 Å². The molecule has 1 aromatic carbocycles. The second-order valence-corrected chi connectivity index (χ2v) is 4.82. The molecular formula is C13H7N3O4S. The molecule has 0 aliphatic carbocycles. The lowest BCUT2D eigenvalue weighted by Gasteiger charge is -2.05. The van der Waals surface area contributed by atoms with E-state index in [1.165, 1.54) is 24.4 Å². The van der Waals surface area contributed by atoms with E-state index in [1.54, 1.807) is 18.2 Å². The number of benzene rings is 1. The Labute approximate surface area is 123 Å². The third-order valence-corrected chi connectivity index (χ3v) is 3.59. The van der Waals surface area contributed by atoms with Crippen LogP contribution in [0.2, 0.25) is 0 Å². The van der Waals surface area contributed by atoms with E-state index in [9.17, 15) is 14.9 Å². The van der Waals surface area contributed by atoms with Crippen molar-refractivity contribution in [1.29, 1.82) is 5.26 Å². The molecule has 0 aliphatic heterocycles. The first-order valence-electron chi connectivity index (χ1n) is 5.58. The van der Waals surface area contributed by atoms with Gasteiger partial charge in [-0.3, -0.25) is 10.1 Å². The molecule has 0 radical (unpaired) electrons. The van der Waals surface area contributed by atoms with Gasteiger partial charge in [0.15, 0.2) is 5.03 Å². The fourth-order valence-electron chi connectivity index (χ4n) is 1.61. The molecule has 0 amide bonds. The molecule has 2 rings (SSSR count). The Morgan fingerprint density at radius 1 is 1.38 bits per heavy atom. The van der Waals surface area contributed by atoms with Crippen molar-refractivity contribution in [3.05, 3.63) is 57.8 Å². The Kier molecular flexibility index (Phi) is 4.15. The third-order valence-electron chi connectivity index (χ3n) is 2.52. The molecule has 2 aromatic rings. The predicted molar refractivity (Wildman–Crippen MR) is 73.1 cm³/mol. The zero-order valence-electron chi connectivity index (χ0n) is 10.4. The number of nitriles is 1. The second kappa shape index (κ2) is 6.02. The minimum absolute atomic E-state index is 0.0148. The van der Waals surface area contributed by atoms with Crippen LogP contribution in [0.5, 0.6) is 0 Å². The van der Waals surface area contributed by atoms with Crippen molar-refractivity contribution < 1.29 is 14.8 Å². The number of hydrogen-bond acceptors (Lipinski definition) is 6. The minimum atomic E-state index is -1.14. The van der Waals surface area contributed by atoms with Crippen LogP contribution >= 0.6 is 11.8 Å². The van der Waals surface area contributed by atoms with Crippen molar-refractivity contribution in [1.82, 2.24) is 4.98 Å². The van der Waals surface area contributed by atoms with Crippen LogP contribution in [0, 0.1) is 21.4 Å². The quantitative estimate of drug-likeness (QED) is 0.681. The van der Waals surface area contributed by atoms with Crippen LogP contribution in [-0.2, 0) is 0 Å². The highest BCUT2D eigenvalue weighted by Gasteiger charge is 2.23. The predicted octanol–water partition coefficient (Wildman–Crippen LogP) is 2.71. The van der Waals surface area contributed by atoms with Gasteiger partial charge in [0.1, 0.15) is 11.6 Å². The van der Waals surface area contributed by atoms with Crippen molar-refractivity contribution in [3.8, 4) is 6.07 Å². The van der Waals surface area contributed by atoms with E-state index in [4.69, 9.17) is 10.4 Å². The van der Waals surface area contributed by atoms with Crippen molar-refractivity contribution in [2.75, 3.05) is 0 Å². The summed E-state index contributed by atoms with van der Waals surface area (Å²) in [6.45, 7) is 0. The summed E-state index contributed by atoms with van der Waals surface area (Å²) in [6, 6.07) is 9.07. The second-order valence-electron chi connectivity index (χ2n) is 3.78. The fraction of sp³-hybridized carbons (Fsp3) is 0. The van der Waals surface area contributed by atoms with E-state index in [2.05, 4.69) is 4.98 Å². The summed E-state index contributed by atoms with van der Waals surface area (Å²) in [6.07, 6.45) is 1.28. The maximum absolute atomic E-state index is 11.1. The first-order chi connectivity index (χ1) is 10.0. The summed E-state index contributed by atoms with van der Waals surface area (Å²) in [5, 5.41) is 29.1. The van der Waals surface area contributed by atoms with Gasteiger partial charge in [0.25, 0.3) is 0 Å². The summed E-state index contributed by atoms with van der Waals surface area (Å²) in [7, 11) is 0. The summed E-state index contributed by atoms with van der Waals surface area (Å²) >= 11 is 0.842. The fourth-order valence-corrected chi connectivity index (χ4v) is 2.63. The van der Waals surface area contributed by atoms with E-state index in [1.807, 2.05) is 0 Å². The van der Waals surface area contributed by atoms with Crippen LogP contribution in [-0.4, -0.2) is 21.0 Å². The van der Waals surface area contributed by atoms with Gasteiger partial charge in [0.2, 0.25) is 0 Å². The lowest BCUT2D eigenvalue weighted by molar-refractivity contribution is -0.388. The number of aromatic nitrogens is 1. The van der Waals surface area contributed by atoms with Crippen molar-refractivity contribution >= 4 is 23.4 Å². The molecule has 1 N–H and O–H groups in total.